The number of benzene rings is 1. The number of rotatable bonds is 4. The minimum atomic E-state index is 0.0518. The molecule has 0 aromatic heterocycles. The van der Waals surface area contributed by atoms with Gasteiger partial charge < -0.3 is 20.8 Å². The minimum absolute atomic E-state index is 0.0518. The molecular weight excluding hydrogens is 370 g/mol. The molecule has 3 rings (SSSR count). The van der Waals surface area contributed by atoms with Crippen LogP contribution in [0.5, 0.6) is 5.75 Å². The van der Waals surface area contributed by atoms with Gasteiger partial charge in [0.05, 0.1) is 7.11 Å². The molecule has 4 heteroatoms. The monoisotopic (exact) mass is 403 g/mol. The van der Waals surface area contributed by atoms with Crippen molar-refractivity contribution in [1.29, 1.82) is 5.41 Å². The molecule has 0 radical (unpaired) electrons. The zero-order valence-corrected chi connectivity index (χ0v) is 19.0. The third-order valence-corrected chi connectivity index (χ3v) is 5.97. The van der Waals surface area contributed by atoms with Crippen LogP contribution in [0.4, 0.5) is 0 Å². The quantitative estimate of drug-likeness (QED) is 0.636. The second kappa shape index (κ2) is 7.67. The van der Waals surface area contributed by atoms with Gasteiger partial charge in [0.25, 0.3) is 0 Å². The zero-order chi connectivity index (χ0) is 22.4. The van der Waals surface area contributed by atoms with Gasteiger partial charge in [-0.05, 0) is 66.2 Å². The SMILES string of the molecule is C=C(C)C1=CN2C(=CC1=C)c1cc(OC)c(C(C=N)=C(C)N)cc1CC2C(C)(C)C. The van der Waals surface area contributed by atoms with Crippen LogP contribution in [-0.2, 0) is 6.42 Å². The summed E-state index contributed by atoms with van der Waals surface area (Å²) in [6, 6.07) is 4.48. The van der Waals surface area contributed by atoms with E-state index in [4.69, 9.17) is 15.9 Å². The van der Waals surface area contributed by atoms with Gasteiger partial charge in [0.1, 0.15) is 5.75 Å². The van der Waals surface area contributed by atoms with Crippen LogP contribution in [0, 0.1) is 10.8 Å². The van der Waals surface area contributed by atoms with E-state index in [2.05, 4.69) is 63.2 Å². The molecular formula is C26H33N3O. The van der Waals surface area contributed by atoms with Crippen LogP contribution in [0.2, 0.25) is 0 Å². The van der Waals surface area contributed by atoms with Crippen LogP contribution in [-0.4, -0.2) is 24.3 Å². The normalized spacial score (nSPS) is 19.2. The molecule has 2 aliphatic rings. The number of hydrogen-bond donors (Lipinski definition) is 2. The van der Waals surface area contributed by atoms with E-state index in [-0.39, 0.29) is 11.5 Å². The van der Waals surface area contributed by atoms with E-state index >= 15 is 0 Å². The van der Waals surface area contributed by atoms with Gasteiger partial charge in [-0.3, -0.25) is 0 Å². The van der Waals surface area contributed by atoms with E-state index in [1.165, 1.54) is 11.8 Å². The third-order valence-electron chi connectivity index (χ3n) is 5.97. The van der Waals surface area contributed by atoms with E-state index in [0.717, 1.165) is 40.0 Å². The summed E-state index contributed by atoms with van der Waals surface area (Å²) in [4.78, 5) is 2.38. The van der Waals surface area contributed by atoms with Crippen molar-refractivity contribution in [2.45, 2.75) is 47.1 Å². The summed E-state index contributed by atoms with van der Waals surface area (Å²) in [6.07, 6.45) is 6.54. The van der Waals surface area contributed by atoms with E-state index in [9.17, 15) is 0 Å². The van der Waals surface area contributed by atoms with E-state index in [1.54, 1.807) is 7.11 Å². The number of fused-ring (bicyclic) bond motifs is 3. The molecule has 0 saturated heterocycles. The first-order valence-electron chi connectivity index (χ1n) is 10.2. The first-order chi connectivity index (χ1) is 14.0. The van der Waals surface area contributed by atoms with Crippen molar-refractivity contribution < 1.29 is 4.74 Å². The Kier molecular flexibility index (Phi) is 5.55. The van der Waals surface area contributed by atoms with Crippen molar-refractivity contribution in [3.63, 3.8) is 0 Å². The first-order valence-corrected chi connectivity index (χ1v) is 10.2. The van der Waals surface area contributed by atoms with Gasteiger partial charge in [0.15, 0.2) is 0 Å². The summed E-state index contributed by atoms with van der Waals surface area (Å²) in [6.45, 7) is 19.1. The number of nitrogens with one attached hydrogen (secondary N) is 1. The maximum Gasteiger partial charge on any atom is 0.127 e. The van der Waals surface area contributed by atoms with Gasteiger partial charge in [0.2, 0.25) is 0 Å². The first kappa shape index (κ1) is 21.7. The smallest absolute Gasteiger partial charge is 0.127 e. The second-order valence-corrected chi connectivity index (χ2v) is 9.32. The number of ether oxygens (including phenoxy) is 1. The number of methoxy groups -OCH3 is 1. The summed E-state index contributed by atoms with van der Waals surface area (Å²) < 4.78 is 5.71. The maximum atomic E-state index is 7.85. The summed E-state index contributed by atoms with van der Waals surface area (Å²) >= 11 is 0. The number of nitrogens with zero attached hydrogens (tertiary/aromatic N) is 1. The lowest BCUT2D eigenvalue weighted by Crippen LogP contribution is -2.45. The molecule has 1 aromatic rings. The average molecular weight is 404 g/mol. The van der Waals surface area contributed by atoms with Crippen molar-refractivity contribution >= 4 is 17.5 Å². The lowest BCUT2D eigenvalue weighted by Gasteiger charge is -2.47. The minimum Gasteiger partial charge on any atom is -0.496 e. The Hall–Kier alpha value is -3.01. The highest BCUT2D eigenvalue weighted by atomic mass is 16.5. The Morgan fingerprint density at radius 3 is 2.47 bits per heavy atom. The van der Waals surface area contributed by atoms with Crippen molar-refractivity contribution in [1.82, 2.24) is 4.90 Å². The van der Waals surface area contributed by atoms with Gasteiger partial charge in [-0.1, -0.05) is 33.9 Å². The molecule has 3 N–H and O–H groups in total. The van der Waals surface area contributed by atoms with Gasteiger partial charge >= 0.3 is 0 Å². The lowest BCUT2D eigenvalue weighted by atomic mass is 9.76. The Balaban J connectivity index is 2.28. The average Bonchev–Trinajstić information content (AvgIpc) is 2.65. The van der Waals surface area contributed by atoms with E-state index < -0.39 is 0 Å². The zero-order valence-electron chi connectivity index (χ0n) is 19.0. The molecule has 0 bridgehead atoms. The van der Waals surface area contributed by atoms with Crippen molar-refractivity contribution in [2.24, 2.45) is 11.1 Å². The van der Waals surface area contributed by atoms with Crippen LogP contribution >= 0.6 is 0 Å². The largest absolute Gasteiger partial charge is 0.496 e. The molecule has 1 unspecified atom stereocenters. The van der Waals surface area contributed by atoms with Crippen LogP contribution < -0.4 is 10.5 Å². The molecule has 2 heterocycles. The highest BCUT2D eigenvalue weighted by molar-refractivity contribution is 6.10. The van der Waals surface area contributed by atoms with Gasteiger partial charge in [0, 0.05) is 46.6 Å². The summed E-state index contributed by atoms with van der Waals surface area (Å²) in [7, 11) is 1.66. The summed E-state index contributed by atoms with van der Waals surface area (Å²) in [5.41, 5.74) is 14.8. The number of nitrogens with two attached hydrogens (primary N) is 1. The van der Waals surface area contributed by atoms with Crippen molar-refractivity contribution in [3.8, 4) is 5.75 Å². The fourth-order valence-electron chi connectivity index (χ4n) is 4.31. The molecule has 1 aromatic carbocycles. The Labute approximate surface area is 180 Å². The summed E-state index contributed by atoms with van der Waals surface area (Å²) in [5.74, 6) is 0.715. The van der Waals surface area contributed by atoms with Gasteiger partial charge in [-0.15, -0.1) is 0 Å². The molecule has 4 nitrogen and oxygen atoms in total. The topological polar surface area (TPSA) is 62.3 Å². The van der Waals surface area contributed by atoms with E-state index in [0.29, 0.717) is 17.0 Å². The number of allylic oxidation sites excluding steroid dienone is 6. The molecule has 0 fully saturated rings. The summed E-state index contributed by atoms with van der Waals surface area (Å²) in [5, 5.41) is 7.85. The second-order valence-electron chi connectivity index (χ2n) is 9.32. The molecule has 0 saturated carbocycles. The molecule has 1 atom stereocenters. The predicted octanol–water partition coefficient (Wildman–Crippen LogP) is 5.68. The third kappa shape index (κ3) is 3.62. The molecule has 2 aliphatic heterocycles. The molecule has 0 aliphatic carbocycles. The fraction of sp³-hybridized carbons (Fsp3) is 0.346. The standard InChI is InChI=1S/C26H33N3O/c1-15(2)22-14-29-23(9-16(22)3)19-12-24(30-8)20(21(13-27)17(4)28)10-18(19)11-25(29)26(5,6)7/h9-10,12-14,25,27H,1,3,11,28H2,2,4-8H3. The van der Waals surface area contributed by atoms with Crippen LogP contribution in [0.25, 0.3) is 11.3 Å². The highest BCUT2D eigenvalue weighted by Crippen LogP contribution is 2.45. The van der Waals surface area contributed by atoms with E-state index in [1.807, 2.05) is 13.8 Å². The van der Waals surface area contributed by atoms with Gasteiger partial charge in [-0.25, -0.2) is 0 Å². The van der Waals surface area contributed by atoms with Gasteiger partial charge in [-0.2, -0.15) is 0 Å². The lowest BCUT2D eigenvalue weighted by molar-refractivity contribution is 0.189. The van der Waals surface area contributed by atoms with Crippen molar-refractivity contribution in [2.75, 3.05) is 7.11 Å². The highest BCUT2D eigenvalue weighted by Gasteiger charge is 2.38. The Morgan fingerprint density at radius 1 is 1.30 bits per heavy atom. The molecule has 0 spiro atoms. The van der Waals surface area contributed by atoms with Crippen LogP contribution in [0.1, 0.15) is 51.3 Å². The predicted molar refractivity (Wildman–Crippen MR) is 127 cm³/mol. The Bertz CT molecular complexity index is 1030. The fourth-order valence-corrected chi connectivity index (χ4v) is 4.31. The maximum absolute atomic E-state index is 7.85. The molecule has 30 heavy (non-hydrogen) atoms. The number of hydrogen-bond acceptors (Lipinski definition) is 4. The molecule has 158 valence electrons. The van der Waals surface area contributed by atoms with Crippen LogP contribution in [0.15, 0.2) is 60.0 Å². The van der Waals surface area contributed by atoms with Crippen LogP contribution in [0.3, 0.4) is 0 Å². The Morgan fingerprint density at radius 2 is 1.97 bits per heavy atom. The molecule has 0 amide bonds. The van der Waals surface area contributed by atoms with Crippen molar-refractivity contribution in [3.05, 3.63) is 76.7 Å².